The first kappa shape index (κ1) is 12.1. The topological polar surface area (TPSA) is 24.9 Å². The molecular weight excluding hydrogens is 208 g/mol. The van der Waals surface area contributed by atoms with E-state index in [1.54, 1.807) is 0 Å². The fourth-order valence-electron chi connectivity index (χ4n) is 2.18. The third kappa shape index (κ3) is 3.04. The van der Waals surface area contributed by atoms with Crippen LogP contribution >= 0.6 is 0 Å². The van der Waals surface area contributed by atoms with Crippen molar-refractivity contribution in [2.24, 2.45) is 5.92 Å². The van der Waals surface area contributed by atoms with Gasteiger partial charge in [0.2, 0.25) is 0 Å². The van der Waals surface area contributed by atoms with Gasteiger partial charge >= 0.3 is 0 Å². The molecule has 90 valence electrons. The zero-order chi connectivity index (χ0) is 12.1. The molecule has 0 radical (unpaired) electrons. The van der Waals surface area contributed by atoms with Crippen LogP contribution < -0.4 is 5.32 Å². The van der Waals surface area contributed by atoms with E-state index in [2.05, 4.69) is 48.4 Å². The van der Waals surface area contributed by atoms with Gasteiger partial charge in [-0.05, 0) is 36.4 Å². The Balaban J connectivity index is 2.18. The number of nitrogens with zero attached hydrogens (tertiary/aromatic N) is 1. The smallest absolute Gasteiger partial charge is 0.0346 e. The van der Waals surface area contributed by atoms with Crippen molar-refractivity contribution < 1.29 is 0 Å². The maximum Gasteiger partial charge on any atom is 0.0346 e. The average molecular weight is 228 g/mol. The summed E-state index contributed by atoms with van der Waals surface area (Å²) in [5.41, 5.74) is 1.36. The number of hydrogen-bond donors (Lipinski definition) is 1. The van der Waals surface area contributed by atoms with E-state index in [4.69, 9.17) is 0 Å². The molecule has 1 aromatic carbocycles. The molecule has 0 amide bonds. The molecule has 2 nitrogen and oxygen atoms in total. The Bertz CT molecular complexity index is 474. The van der Waals surface area contributed by atoms with Crippen molar-refractivity contribution in [3.63, 3.8) is 0 Å². The van der Waals surface area contributed by atoms with Crippen LogP contribution in [0, 0.1) is 5.92 Å². The van der Waals surface area contributed by atoms with E-state index in [-0.39, 0.29) is 0 Å². The van der Waals surface area contributed by atoms with Crippen molar-refractivity contribution in [1.82, 2.24) is 10.3 Å². The Morgan fingerprint density at radius 2 is 2.06 bits per heavy atom. The van der Waals surface area contributed by atoms with Crippen LogP contribution in [-0.2, 0) is 6.42 Å². The Labute approximate surface area is 103 Å². The highest BCUT2D eigenvalue weighted by atomic mass is 14.8. The Morgan fingerprint density at radius 3 is 2.88 bits per heavy atom. The van der Waals surface area contributed by atoms with Gasteiger partial charge in [0.05, 0.1) is 0 Å². The first-order chi connectivity index (χ1) is 8.31. The number of nitrogens with one attached hydrogen (secondary N) is 1. The van der Waals surface area contributed by atoms with Gasteiger partial charge in [-0.2, -0.15) is 0 Å². The molecule has 0 saturated carbocycles. The molecule has 17 heavy (non-hydrogen) atoms. The molecule has 0 fully saturated rings. The quantitative estimate of drug-likeness (QED) is 0.851. The lowest BCUT2D eigenvalue weighted by Gasteiger charge is -2.13. The van der Waals surface area contributed by atoms with Gasteiger partial charge < -0.3 is 5.32 Å². The van der Waals surface area contributed by atoms with Gasteiger partial charge in [-0.1, -0.05) is 38.1 Å². The van der Waals surface area contributed by atoms with Crippen LogP contribution in [0.15, 0.2) is 36.7 Å². The van der Waals surface area contributed by atoms with Crippen LogP contribution in [-0.4, -0.2) is 18.1 Å². The van der Waals surface area contributed by atoms with Crippen molar-refractivity contribution in [2.75, 3.05) is 13.1 Å². The maximum atomic E-state index is 4.33. The zero-order valence-electron chi connectivity index (χ0n) is 10.6. The summed E-state index contributed by atoms with van der Waals surface area (Å²) < 4.78 is 0. The van der Waals surface area contributed by atoms with Crippen LogP contribution in [0.3, 0.4) is 0 Å². The summed E-state index contributed by atoms with van der Waals surface area (Å²) >= 11 is 0. The molecule has 1 aromatic heterocycles. The van der Waals surface area contributed by atoms with Crippen molar-refractivity contribution in [3.05, 3.63) is 42.2 Å². The largest absolute Gasteiger partial charge is 0.317 e. The molecule has 0 spiro atoms. The highest BCUT2D eigenvalue weighted by molar-refractivity contribution is 5.84. The van der Waals surface area contributed by atoms with Crippen LogP contribution in [0.1, 0.15) is 19.4 Å². The molecule has 0 aliphatic heterocycles. The molecule has 2 heteroatoms. The predicted molar refractivity (Wildman–Crippen MR) is 73.2 cm³/mol. The number of pyridine rings is 1. The minimum atomic E-state index is 0.641. The second-order valence-corrected chi connectivity index (χ2v) is 4.64. The van der Waals surface area contributed by atoms with E-state index in [0.29, 0.717) is 5.92 Å². The third-order valence-corrected chi connectivity index (χ3v) is 3.06. The summed E-state index contributed by atoms with van der Waals surface area (Å²) in [6.07, 6.45) is 5.03. The summed E-state index contributed by atoms with van der Waals surface area (Å²) in [7, 11) is 0. The van der Waals surface area contributed by atoms with Gasteiger partial charge in [0.15, 0.2) is 0 Å². The van der Waals surface area contributed by atoms with Crippen molar-refractivity contribution >= 4 is 10.8 Å². The average Bonchev–Trinajstić information content (AvgIpc) is 2.37. The maximum absolute atomic E-state index is 4.33. The fourth-order valence-corrected chi connectivity index (χ4v) is 2.18. The van der Waals surface area contributed by atoms with Crippen LogP contribution in [0.5, 0.6) is 0 Å². The van der Waals surface area contributed by atoms with Crippen LogP contribution in [0.4, 0.5) is 0 Å². The lowest BCUT2D eigenvalue weighted by molar-refractivity contribution is 0.522. The van der Waals surface area contributed by atoms with E-state index in [0.717, 1.165) is 19.5 Å². The zero-order valence-corrected chi connectivity index (χ0v) is 10.6. The van der Waals surface area contributed by atoms with Gasteiger partial charge in [-0.3, -0.25) is 4.98 Å². The third-order valence-electron chi connectivity index (χ3n) is 3.06. The normalized spacial score (nSPS) is 12.8. The standard InChI is InChI=1S/C15H20N2/c1-3-16-9-12(2)8-14-11-17-10-13-6-4-5-7-15(13)14/h4-7,10-12,16H,3,8-9H2,1-2H3. The number of aromatic nitrogens is 1. The van der Waals surface area contributed by atoms with Crippen LogP contribution in [0.25, 0.3) is 10.8 Å². The van der Waals surface area contributed by atoms with Gasteiger partial charge in [0.1, 0.15) is 0 Å². The fraction of sp³-hybridized carbons (Fsp3) is 0.400. The molecule has 0 bridgehead atoms. The minimum Gasteiger partial charge on any atom is -0.317 e. The summed E-state index contributed by atoms with van der Waals surface area (Å²) in [6.45, 7) is 6.54. The summed E-state index contributed by atoms with van der Waals surface area (Å²) in [5, 5.41) is 5.97. The molecule has 0 aliphatic carbocycles. The number of rotatable bonds is 5. The number of fused-ring (bicyclic) bond motifs is 1. The van der Waals surface area contributed by atoms with Crippen molar-refractivity contribution in [3.8, 4) is 0 Å². The number of hydrogen-bond acceptors (Lipinski definition) is 2. The van der Waals surface area contributed by atoms with Gasteiger partial charge in [-0.15, -0.1) is 0 Å². The Hall–Kier alpha value is -1.41. The lowest BCUT2D eigenvalue weighted by Crippen LogP contribution is -2.22. The molecule has 1 N–H and O–H groups in total. The molecule has 0 saturated heterocycles. The van der Waals surface area contributed by atoms with E-state index in [1.165, 1.54) is 16.3 Å². The summed E-state index contributed by atoms with van der Waals surface area (Å²) in [5.74, 6) is 0.641. The van der Waals surface area contributed by atoms with E-state index >= 15 is 0 Å². The molecular formula is C15H20N2. The highest BCUT2D eigenvalue weighted by Crippen LogP contribution is 2.19. The molecule has 0 aliphatic rings. The monoisotopic (exact) mass is 228 g/mol. The minimum absolute atomic E-state index is 0.641. The van der Waals surface area contributed by atoms with Crippen LogP contribution in [0.2, 0.25) is 0 Å². The molecule has 1 unspecified atom stereocenters. The lowest BCUT2D eigenvalue weighted by atomic mass is 9.98. The second kappa shape index (κ2) is 5.78. The van der Waals surface area contributed by atoms with Crippen molar-refractivity contribution in [2.45, 2.75) is 20.3 Å². The Morgan fingerprint density at radius 1 is 1.24 bits per heavy atom. The predicted octanol–water partition coefficient (Wildman–Crippen LogP) is 3.02. The molecule has 2 rings (SSSR count). The molecule has 2 aromatic rings. The Kier molecular flexibility index (Phi) is 4.10. The van der Waals surface area contributed by atoms with E-state index in [1.807, 2.05) is 12.4 Å². The molecule has 1 atom stereocenters. The van der Waals surface area contributed by atoms with E-state index < -0.39 is 0 Å². The number of benzene rings is 1. The summed E-state index contributed by atoms with van der Waals surface area (Å²) in [6, 6.07) is 8.48. The first-order valence-electron chi connectivity index (χ1n) is 6.33. The summed E-state index contributed by atoms with van der Waals surface area (Å²) in [4.78, 5) is 4.33. The second-order valence-electron chi connectivity index (χ2n) is 4.64. The highest BCUT2D eigenvalue weighted by Gasteiger charge is 2.06. The van der Waals surface area contributed by atoms with Gasteiger partial charge in [0.25, 0.3) is 0 Å². The van der Waals surface area contributed by atoms with E-state index in [9.17, 15) is 0 Å². The SMILES string of the molecule is CCNCC(C)Cc1cncc2ccccc12. The first-order valence-corrected chi connectivity index (χ1v) is 6.33. The van der Waals surface area contributed by atoms with Gasteiger partial charge in [0, 0.05) is 17.8 Å². The van der Waals surface area contributed by atoms with Crippen molar-refractivity contribution in [1.29, 1.82) is 0 Å². The molecule has 1 heterocycles. The van der Waals surface area contributed by atoms with Gasteiger partial charge in [-0.25, -0.2) is 0 Å².